The Hall–Kier alpha value is -0.0400. The highest BCUT2D eigenvalue weighted by Crippen LogP contribution is 2.47. The smallest absolute Gasteiger partial charge is 0.0149 e. The van der Waals surface area contributed by atoms with E-state index in [2.05, 4.69) is 19.2 Å². The molecule has 2 aliphatic rings. The summed E-state index contributed by atoms with van der Waals surface area (Å²) in [5, 5.41) is 3.84. The van der Waals surface area contributed by atoms with Crippen LogP contribution < -0.4 is 5.32 Å². The van der Waals surface area contributed by atoms with Crippen LogP contribution >= 0.6 is 0 Å². The fourth-order valence-corrected chi connectivity index (χ4v) is 3.38. The van der Waals surface area contributed by atoms with Crippen LogP contribution in [-0.2, 0) is 0 Å². The average molecular weight is 209 g/mol. The molecule has 1 N–H and O–H groups in total. The van der Waals surface area contributed by atoms with Crippen molar-refractivity contribution in [3.05, 3.63) is 0 Å². The van der Waals surface area contributed by atoms with Crippen molar-refractivity contribution in [1.29, 1.82) is 0 Å². The van der Waals surface area contributed by atoms with Gasteiger partial charge in [0.1, 0.15) is 0 Å². The second-order valence-corrected chi connectivity index (χ2v) is 5.98. The molecule has 0 spiro atoms. The van der Waals surface area contributed by atoms with Crippen molar-refractivity contribution in [1.82, 2.24) is 5.32 Å². The molecule has 1 nitrogen and oxygen atoms in total. The van der Waals surface area contributed by atoms with E-state index in [1.807, 2.05) is 0 Å². The molecule has 1 atom stereocenters. The van der Waals surface area contributed by atoms with Crippen LogP contribution in [0.2, 0.25) is 0 Å². The van der Waals surface area contributed by atoms with Crippen LogP contribution in [0.4, 0.5) is 0 Å². The molecule has 88 valence electrons. The summed E-state index contributed by atoms with van der Waals surface area (Å²) in [6, 6.07) is 0.831. The normalized spacial score (nSPS) is 27.6. The summed E-state index contributed by atoms with van der Waals surface area (Å²) >= 11 is 0. The van der Waals surface area contributed by atoms with Crippen LogP contribution in [-0.4, -0.2) is 12.6 Å². The van der Waals surface area contributed by atoms with Gasteiger partial charge in [-0.3, -0.25) is 0 Å². The third-order valence-electron chi connectivity index (χ3n) is 4.45. The second kappa shape index (κ2) is 4.86. The van der Waals surface area contributed by atoms with E-state index in [0.29, 0.717) is 5.41 Å². The number of hydrogen-bond acceptors (Lipinski definition) is 1. The van der Waals surface area contributed by atoms with Gasteiger partial charge < -0.3 is 5.32 Å². The Morgan fingerprint density at radius 1 is 1.20 bits per heavy atom. The summed E-state index contributed by atoms with van der Waals surface area (Å²) in [7, 11) is 0. The van der Waals surface area contributed by atoms with Gasteiger partial charge in [-0.05, 0) is 50.0 Å². The molecule has 0 aromatic carbocycles. The largest absolute Gasteiger partial charge is 0.313 e. The van der Waals surface area contributed by atoms with Crippen molar-refractivity contribution < 1.29 is 0 Å². The molecule has 0 aliphatic heterocycles. The van der Waals surface area contributed by atoms with E-state index in [9.17, 15) is 0 Å². The van der Waals surface area contributed by atoms with E-state index < -0.39 is 0 Å². The van der Waals surface area contributed by atoms with Gasteiger partial charge in [0.05, 0.1) is 0 Å². The molecule has 2 saturated carbocycles. The van der Waals surface area contributed by atoms with Crippen molar-refractivity contribution in [3.8, 4) is 0 Å². The highest BCUT2D eigenvalue weighted by Gasteiger charge is 2.43. The van der Waals surface area contributed by atoms with Crippen molar-refractivity contribution in [3.63, 3.8) is 0 Å². The number of hydrogen-bond donors (Lipinski definition) is 1. The minimum absolute atomic E-state index is 0.620. The SMILES string of the molecule is CCCNC(C1CC1)C1(C)CCCCC1. The molecule has 2 aliphatic carbocycles. The molecule has 0 aromatic heterocycles. The highest BCUT2D eigenvalue weighted by molar-refractivity contribution is 4.98. The van der Waals surface area contributed by atoms with E-state index in [4.69, 9.17) is 0 Å². The summed E-state index contributed by atoms with van der Waals surface area (Å²) in [6.45, 7) is 6.04. The predicted molar refractivity (Wildman–Crippen MR) is 66.0 cm³/mol. The molecule has 2 fully saturated rings. The molecule has 15 heavy (non-hydrogen) atoms. The van der Waals surface area contributed by atoms with Gasteiger partial charge in [0.15, 0.2) is 0 Å². The van der Waals surface area contributed by atoms with Gasteiger partial charge in [0, 0.05) is 6.04 Å². The van der Waals surface area contributed by atoms with Crippen LogP contribution in [0.25, 0.3) is 0 Å². The lowest BCUT2D eigenvalue weighted by Gasteiger charge is -2.41. The fourth-order valence-electron chi connectivity index (χ4n) is 3.38. The fraction of sp³-hybridized carbons (Fsp3) is 1.00. The summed E-state index contributed by atoms with van der Waals surface area (Å²) in [4.78, 5) is 0. The third-order valence-corrected chi connectivity index (χ3v) is 4.45. The van der Waals surface area contributed by atoms with Gasteiger partial charge in [0.25, 0.3) is 0 Å². The highest BCUT2D eigenvalue weighted by atomic mass is 14.9. The Morgan fingerprint density at radius 3 is 2.40 bits per heavy atom. The lowest BCUT2D eigenvalue weighted by atomic mass is 9.69. The molecular formula is C14H27N. The predicted octanol–water partition coefficient (Wildman–Crippen LogP) is 3.74. The maximum atomic E-state index is 3.84. The zero-order valence-corrected chi connectivity index (χ0v) is 10.5. The van der Waals surface area contributed by atoms with Gasteiger partial charge in [-0.1, -0.05) is 33.1 Å². The van der Waals surface area contributed by atoms with Gasteiger partial charge in [-0.2, -0.15) is 0 Å². The summed E-state index contributed by atoms with van der Waals surface area (Å²) < 4.78 is 0. The zero-order chi connectivity index (χ0) is 10.7. The summed E-state index contributed by atoms with van der Waals surface area (Å²) in [5.41, 5.74) is 0.620. The maximum Gasteiger partial charge on any atom is 0.0149 e. The molecule has 0 heterocycles. The molecule has 0 bridgehead atoms. The van der Waals surface area contributed by atoms with Crippen molar-refractivity contribution in [2.75, 3.05) is 6.54 Å². The summed E-state index contributed by atoms with van der Waals surface area (Å²) in [5.74, 6) is 1.01. The van der Waals surface area contributed by atoms with Gasteiger partial charge in [-0.15, -0.1) is 0 Å². The van der Waals surface area contributed by atoms with Crippen LogP contribution in [0.1, 0.15) is 65.2 Å². The molecule has 0 aromatic rings. The molecule has 2 rings (SSSR count). The van der Waals surface area contributed by atoms with Crippen LogP contribution in [0, 0.1) is 11.3 Å². The minimum Gasteiger partial charge on any atom is -0.313 e. The van der Waals surface area contributed by atoms with Crippen molar-refractivity contribution in [2.24, 2.45) is 11.3 Å². The number of rotatable bonds is 5. The van der Waals surface area contributed by atoms with E-state index in [-0.39, 0.29) is 0 Å². The van der Waals surface area contributed by atoms with E-state index in [0.717, 1.165) is 12.0 Å². The molecule has 1 unspecified atom stereocenters. The first-order valence-electron chi connectivity index (χ1n) is 6.99. The van der Waals surface area contributed by atoms with Crippen LogP contribution in [0.15, 0.2) is 0 Å². The molecule has 0 saturated heterocycles. The van der Waals surface area contributed by atoms with Crippen molar-refractivity contribution in [2.45, 2.75) is 71.3 Å². The summed E-state index contributed by atoms with van der Waals surface area (Å²) in [6.07, 6.45) is 11.6. The Kier molecular flexibility index (Phi) is 3.71. The van der Waals surface area contributed by atoms with Crippen molar-refractivity contribution >= 4 is 0 Å². The monoisotopic (exact) mass is 209 g/mol. The lowest BCUT2D eigenvalue weighted by molar-refractivity contribution is 0.129. The minimum atomic E-state index is 0.620. The number of nitrogens with one attached hydrogen (secondary N) is 1. The van der Waals surface area contributed by atoms with Gasteiger partial charge in [0.2, 0.25) is 0 Å². The maximum absolute atomic E-state index is 3.84. The quantitative estimate of drug-likeness (QED) is 0.727. The zero-order valence-electron chi connectivity index (χ0n) is 10.5. The Morgan fingerprint density at radius 2 is 1.87 bits per heavy atom. The first-order valence-corrected chi connectivity index (χ1v) is 6.99. The molecule has 0 amide bonds. The Balaban J connectivity index is 1.94. The van der Waals surface area contributed by atoms with E-state index in [1.54, 1.807) is 0 Å². The Bertz CT molecular complexity index is 190. The standard InChI is InChI=1S/C14H27N/c1-3-11-15-13(12-7-8-12)14(2)9-5-4-6-10-14/h12-13,15H,3-11H2,1-2H3. The molecule has 0 radical (unpaired) electrons. The van der Waals surface area contributed by atoms with Gasteiger partial charge in [-0.25, -0.2) is 0 Å². The van der Waals surface area contributed by atoms with Crippen LogP contribution in [0.3, 0.4) is 0 Å². The molecular weight excluding hydrogens is 182 g/mol. The molecule has 1 heteroatoms. The average Bonchev–Trinajstić information content (AvgIpc) is 3.03. The Labute approximate surface area is 95.0 Å². The third kappa shape index (κ3) is 2.75. The van der Waals surface area contributed by atoms with E-state index >= 15 is 0 Å². The first-order chi connectivity index (χ1) is 7.26. The lowest BCUT2D eigenvalue weighted by Crippen LogP contribution is -2.46. The topological polar surface area (TPSA) is 12.0 Å². The van der Waals surface area contributed by atoms with E-state index in [1.165, 1.54) is 57.9 Å². The first kappa shape index (κ1) is 11.4. The van der Waals surface area contributed by atoms with Gasteiger partial charge >= 0.3 is 0 Å². The second-order valence-electron chi connectivity index (χ2n) is 5.98. The van der Waals surface area contributed by atoms with Crippen LogP contribution in [0.5, 0.6) is 0 Å².